The van der Waals surface area contributed by atoms with Crippen molar-refractivity contribution >= 4 is 505 Å². The van der Waals surface area contributed by atoms with E-state index in [2.05, 4.69) is 287 Å². The maximum atomic E-state index is 7.06. The van der Waals surface area contributed by atoms with Crippen molar-refractivity contribution in [3.8, 4) is 45.6 Å². The summed E-state index contributed by atoms with van der Waals surface area (Å²) < 4.78 is 9.89. The van der Waals surface area contributed by atoms with Gasteiger partial charge in [-0.3, -0.25) is 0 Å². The van der Waals surface area contributed by atoms with Crippen LogP contribution in [0.2, 0.25) is 65.3 Å². The van der Waals surface area contributed by atoms with Gasteiger partial charge in [0.2, 0.25) is 0 Å². The van der Waals surface area contributed by atoms with Crippen molar-refractivity contribution in [1.82, 2.24) is 39.9 Å². The zero-order valence-corrected chi connectivity index (χ0v) is 95.5. The Morgan fingerprint density at radius 3 is 0.833 bits per heavy atom. The Balaban J connectivity index is 0.000000177. The van der Waals surface area contributed by atoms with E-state index in [4.69, 9.17) is 232 Å². The molecule has 8 aromatic carbocycles. The molecule has 18 rings (SSSR count). The number of benzene rings is 8. The molecule has 0 fully saturated rings. The van der Waals surface area contributed by atoms with E-state index in [9.17, 15) is 0 Å². The summed E-state index contributed by atoms with van der Waals surface area (Å²) in [6.45, 7) is 1.87. The number of aliphatic imine (C=N–C) groups is 4. The molecule has 4 atom stereocenters. The first-order valence-corrected chi connectivity index (χ1v) is 49.1. The number of hydrogen-bond donors (Lipinski definition) is 0. The molecular weight excluding hydrogens is 3030 g/mol. The van der Waals surface area contributed by atoms with Crippen LogP contribution in [0, 0.1) is 6.92 Å². The second-order valence-corrected chi connectivity index (χ2v) is 43.0. The Bertz CT molecular complexity index is 6000. The molecule has 7 aliphatic heterocycles. The second kappa shape index (κ2) is 34.2. The molecule has 4 unspecified atom stereocenters. The Hall–Kier alpha value is 2.55. The fourth-order valence-electron chi connectivity index (χ4n) is 12.9. The zero-order valence-electron chi connectivity index (χ0n) is 53.2. The molecule has 3 aromatic heterocycles. The summed E-state index contributed by atoms with van der Waals surface area (Å²) in [5, 5.41) is 25.1. The van der Waals surface area contributed by atoms with Crippen molar-refractivity contribution in [2.45, 2.75) is 31.6 Å². The Morgan fingerprint density at radius 2 is 0.482 bits per heavy atom. The molecule has 0 N–H and O–H groups in total. The summed E-state index contributed by atoms with van der Waals surface area (Å²) in [5.74, 6) is 1.68. The van der Waals surface area contributed by atoms with E-state index in [0.29, 0.717) is 212 Å². The number of aromatic nitrogens is 8. The van der Waals surface area contributed by atoms with Gasteiger partial charge in [0.05, 0.1) is 115 Å². The third-order valence-corrected chi connectivity index (χ3v) is 43.5. The molecule has 0 saturated carbocycles. The van der Waals surface area contributed by atoms with E-state index in [1.54, 1.807) is 0 Å². The van der Waals surface area contributed by atoms with Gasteiger partial charge in [0.25, 0.3) is 0 Å². The summed E-state index contributed by atoms with van der Waals surface area (Å²) >= 11 is 155. The second-order valence-electron chi connectivity index (χ2n) is 23.8. The van der Waals surface area contributed by atoms with E-state index >= 15 is 0 Å². The monoisotopic (exact) mass is 3010 g/mol. The van der Waals surface area contributed by atoms with Gasteiger partial charge in [-0.05, 0) is 368 Å². The van der Waals surface area contributed by atoms with Gasteiger partial charge in [-0.15, -0.1) is 0 Å². The third-order valence-electron chi connectivity index (χ3n) is 17.9. The van der Waals surface area contributed by atoms with E-state index in [1.165, 1.54) is 0 Å². The van der Waals surface area contributed by atoms with E-state index in [-0.39, 0.29) is 128 Å². The van der Waals surface area contributed by atoms with Crippen molar-refractivity contribution < 1.29 is 36.5 Å². The predicted octanol–water partition coefficient (Wildman–Crippen LogP) is 36.0. The average molecular weight is 3040 g/mol. The van der Waals surface area contributed by atoms with Gasteiger partial charge in [0.15, 0.2) is 0 Å². The first kappa shape index (κ1) is 91.3. The maximum Gasteiger partial charge on any atom is 2.00 e. The first-order chi connectivity index (χ1) is 52.9. The molecule has 114 heavy (non-hydrogen) atoms. The Morgan fingerprint density at radius 1 is 0.228 bits per heavy atom. The van der Waals surface area contributed by atoms with Crippen LogP contribution in [0.5, 0.6) is 0 Å². The molecular formula is C65H7Br18Cl13CuN16Zn-4. The van der Waals surface area contributed by atoms with E-state index in [1.807, 2.05) is 6.92 Å². The van der Waals surface area contributed by atoms with Crippen LogP contribution in [0.1, 0.15) is 74.7 Å². The van der Waals surface area contributed by atoms with E-state index < -0.39 is 24.7 Å². The topological polar surface area (TPSA) is 211 Å². The van der Waals surface area contributed by atoms with Crippen molar-refractivity contribution in [2.24, 2.45) is 20.0 Å². The Labute approximate surface area is 880 Å². The fourth-order valence-corrected chi connectivity index (χ4v) is 27.6. The van der Waals surface area contributed by atoms with Gasteiger partial charge in [-0.25, -0.2) is 9.97 Å². The minimum Gasteiger partial charge on any atom is -0.458 e. The van der Waals surface area contributed by atoms with Crippen LogP contribution in [0.3, 0.4) is 0 Å². The number of rotatable bonds is 0. The summed E-state index contributed by atoms with van der Waals surface area (Å²) in [4.78, 5) is 60.0. The SMILES string of the molecule is Cc1c(Br)c(Cl)c2c3nc4nc(nc5[n-]c(nc6nc(nc([n-]3)c2c1Br)-c1c(Cl)c(Cl)c(Br)c(Cl)c1-6)c1c(Br)c(Cl)c(Br)c(Cl)c51)-c1c(Br)c(Cl)c(Cl)c(Cl)c1-4.Clc1c(Br)c(Br)c2c(c1Br)C1=NC3[N-]C(=NC4[N-]C(=NC5[N-]C(=NC2[N-]1)c1c(Br)c(Cl)c(Br)c(Br)c15)c1c(Br)c(Cl)c(Br)c(Br)c14)c1c(Br)c(Cl)c(Br)c(Br)c13.[Cu+2].[Zn]. The van der Waals surface area contributed by atoms with Gasteiger partial charge in [-0.2, -0.15) is 0 Å². The van der Waals surface area contributed by atoms with Crippen LogP contribution < -0.4 is 9.97 Å². The predicted molar refractivity (Wildman–Crippen MR) is 519 cm³/mol. The maximum absolute atomic E-state index is 7.06. The molecule has 7 aliphatic rings. The van der Waals surface area contributed by atoms with E-state index in [0.717, 1.165) is 5.56 Å². The molecule has 1 radical (unpaired) electrons. The molecule has 0 saturated heterocycles. The largest absolute Gasteiger partial charge is 2.00 e. The normalized spacial score (nSPS) is 16.4. The molecule has 16 bridgehead atoms. The number of hydrogen-bond acceptors (Lipinski definition) is 10. The minimum absolute atomic E-state index is 0. The fraction of sp³-hybridized carbons (Fsp3) is 0.0769. The molecule has 0 aliphatic carbocycles. The average Bonchev–Trinajstić information content (AvgIpc) is 1.57. The Kier molecular flexibility index (Phi) is 27.4. The van der Waals surface area contributed by atoms with Gasteiger partial charge >= 0.3 is 17.1 Å². The number of amidine groups is 4. The smallest absolute Gasteiger partial charge is 0.458 e. The third kappa shape index (κ3) is 14.2. The molecule has 11 aromatic rings. The van der Waals surface area contributed by atoms with Crippen LogP contribution in [0.4, 0.5) is 0 Å². The van der Waals surface area contributed by atoms with Crippen molar-refractivity contribution in [3.63, 3.8) is 0 Å². The summed E-state index contributed by atoms with van der Waals surface area (Å²) in [5.41, 5.74) is 7.75. The first-order valence-electron chi connectivity index (χ1n) is 29.9. The minimum atomic E-state index is -0.856. The van der Waals surface area contributed by atoms with Gasteiger partial charge < -0.3 is 71.1 Å². The van der Waals surface area contributed by atoms with Crippen LogP contribution in [0.15, 0.2) is 100 Å². The van der Waals surface area contributed by atoms with Crippen molar-refractivity contribution in [3.05, 3.63) is 217 Å². The quantitative estimate of drug-likeness (QED) is 0.0807. The van der Waals surface area contributed by atoms with Crippen LogP contribution in [-0.4, -0.2) is 53.2 Å². The molecule has 0 spiro atoms. The van der Waals surface area contributed by atoms with Crippen molar-refractivity contribution in [2.75, 3.05) is 0 Å². The summed E-state index contributed by atoms with van der Waals surface area (Å²) in [7, 11) is 0. The summed E-state index contributed by atoms with van der Waals surface area (Å²) in [6, 6.07) is 0. The number of nitrogens with zero attached hydrogens (tertiary/aromatic N) is 16. The molecule has 16 nitrogen and oxygen atoms in total. The molecule has 49 heteroatoms. The van der Waals surface area contributed by atoms with Gasteiger partial charge in [0, 0.05) is 140 Å². The number of halogens is 31. The van der Waals surface area contributed by atoms with Crippen molar-refractivity contribution in [1.29, 1.82) is 0 Å². The molecule has 10 heterocycles. The standard InChI is InChI=1S/C33H3Br6Cl9N8.C32H4Br12Cl4N8.Cu.Zn/c1-2-11(34)3-6(17(40)12(2)35)29-49-26(3)50-33-10-9(19(42)16(39)24(47)20(10)43)32(56-33)54-27-4-7(18(41)15(38)22(45)13(4)36)30(51-27)52-28-5-8(31(53-28)55-29)21(44)25(48)23(46)14(5)37;33-9-1-5(13(37)21(45)17(9)41)29-49-25(1)53-30-6-2(10(34)18(42)22(46)14(6)38)27(50-30)55-32-8-4(12(36)20(44)24(48)16(8)40)28(52-32)56-31-7-3(26(51-31)54-29)11(35)19(43)23(47)15(7)39;;/h1H3;25-28H;;/q-2;-4;+2;. The van der Waals surface area contributed by atoms with Gasteiger partial charge in [-0.1, -0.05) is 174 Å². The van der Waals surface area contributed by atoms with Crippen LogP contribution >= 0.6 is 438 Å². The molecule has 581 valence electrons. The van der Waals surface area contributed by atoms with Crippen LogP contribution in [-0.2, 0) is 36.5 Å². The zero-order chi connectivity index (χ0) is 80.3. The van der Waals surface area contributed by atoms with Gasteiger partial charge in [0.1, 0.15) is 0 Å². The summed E-state index contributed by atoms with van der Waals surface area (Å²) in [6.07, 6.45) is -3.42. The number of fused-ring (bicyclic) bond motifs is 40. The van der Waals surface area contributed by atoms with Crippen LogP contribution in [0.25, 0.3) is 111 Å². The molecule has 0 amide bonds.